The molecule has 1 amide bonds. The second-order valence-electron chi connectivity index (χ2n) is 8.93. The number of carbonyl (C=O) groups is 2. The van der Waals surface area contributed by atoms with E-state index in [1.165, 1.54) is 0 Å². The second-order valence-corrected chi connectivity index (χ2v) is 11.1. The minimum atomic E-state index is -0.648. The number of nitrogens with zero attached hydrogens (tertiary/aromatic N) is 3. The van der Waals surface area contributed by atoms with E-state index in [1.807, 2.05) is 25.3 Å². The molecule has 0 aliphatic rings. The summed E-state index contributed by atoms with van der Waals surface area (Å²) in [4.78, 5) is 41.7. The Kier molecular flexibility index (Phi) is 8.92. The monoisotopic (exact) mass is 673 g/mol. The van der Waals surface area contributed by atoms with E-state index in [0.29, 0.717) is 63.0 Å². The molecule has 0 atom stereocenters. The van der Waals surface area contributed by atoms with Gasteiger partial charge in [-0.15, -0.1) is 0 Å². The molecule has 0 saturated heterocycles. The fourth-order valence-corrected chi connectivity index (χ4v) is 4.38. The van der Waals surface area contributed by atoms with Crippen molar-refractivity contribution in [3.05, 3.63) is 58.1 Å². The maximum atomic E-state index is 13.0. The summed E-state index contributed by atoms with van der Waals surface area (Å²) in [6, 6.07) is 5.53. The van der Waals surface area contributed by atoms with Crippen LogP contribution in [-0.2, 0) is 22.6 Å². The third-order valence-electron chi connectivity index (χ3n) is 5.00. The van der Waals surface area contributed by atoms with Crippen LogP contribution in [0.2, 0.25) is 0 Å². The van der Waals surface area contributed by atoms with E-state index >= 15 is 0 Å². The SMILES string of the molecule is CCOC(=O)c1cn(CCCNC(=O)OC(C)(C)C)c2cc(CNc3ncc[n]3[Tl])ccc2c1=O. The molecule has 0 unspecified atom stereocenters. The van der Waals surface area contributed by atoms with Gasteiger partial charge in [-0.3, -0.25) is 0 Å². The Balaban J connectivity index is 1.84. The van der Waals surface area contributed by atoms with Gasteiger partial charge in [0.2, 0.25) is 0 Å². The van der Waals surface area contributed by atoms with E-state index < -0.39 is 17.7 Å². The fourth-order valence-electron chi connectivity index (χ4n) is 3.47. The number of imidazole rings is 1. The number of amides is 1. The molecule has 0 aliphatic heterocycles. The van der Waals surface area contributed by atoms with Crippen LogP contribution in [0, 0.1) is 0 Å². The fraction of sp³-hybridized carbons (Fsp3) is 0.417. The van der Waals surface area contributed by atoms with Gasteiger partial charge in [-0.2, -0.15) is 0 Å². The molecule has 11 heteroatoms. The van der Waals surface area contributed by atoms with Crippen LogP contribution in [0.4, 0.5) is 10.7 Å². The van der Waals surface area contributed by atoms with Gasteiger partial charge in [0.15, 0.2) is 0 Å². The summed E-state index contributed by atoms with van der Waals surface area (Å²) in [7, 11) is 0. The van der Waals surface area contributed by atoms with Gasteiger partial charge in [-0.1, -0.05) is 0 Å². The van der Waals surface area contributed by atoms with E-state index in [4.69, 9.17) is 9.47 Å². The van der Waals surface area contributed by atoms with Gasteiger partial charge in [-0.05, 0) is 27.7 Å². The van der Waals surface area contributed by atoms with E-state index in [1.54, 1.807) is 46.2 Å². The summed E-state index contributed by atoms with van der Waals surface area (Å²) in [6.07, 6.45) is 5.30. The number of nitrogens with one attached hydrogen (secondary N) is 2. The number of hydrogen-bond donors (Lipinski definition) is 2. The summed E-state index contributed by atoms with van der Waals surface area (Å²) in [5.41, 5.74) is 0.724. The summed E-state index contributed by atoms with van der Waals surface area (Å²) in [5.74, 6) is 0.156. The Labute approximate surface area is 220 Å². The number of pyridine rings is 1. The maximum absolute atomic E-state index is 13.0. The van der Waals surface area contributed by atoms with E-state index in [0.717, 1.165) is 11.5 Å². The standard InChI is InChI=1S/C24H31N5O5.Tl/c1-5-33-21(31)18-15-29(12-6-9-27-23(32)34-24(2,3)4)19-13-16(7-8-17(19)20(18)30)14-28-22-25-10-11-26-22;/h7-8,10-11,13,15H,5-6,9,12,14H2,1-4H3,(H3,25,26,27,28,32);/q;+1/p-1. The molecule has 3 rings (SSSR count). The molecule has 1 aromatic carbocycles. The van der Waals surface area contributed by atoms with Crippen molar-refractivity contribution in [2.75, 3.05) is 18.5 Å². The van der Waals surface area contributed by atoms with Gasteiger partial charge < -0.3 is 4.74 Å². The number of hydrogen-bond acceptors (Lipinski definition) is 7. The number of ether oxygens (including phenoxy) is 2. The van der Waals surface area contributed by atoms with Crippen molar-refractivity contribution in [1.29, 1.82) is 0 Å². The Morgan fingerprint density at radius 3 is 2.66 bits per heavy atom. The van der Waals surface area contributed by atoms with Gasteiger partial charge in [0, 0.05) is 0 Å². The van der Waals surface area contributed by atoms with Crippen LogP contribution in [0.25, 0.3) is 10.9 Å². The first kappa shape index (κ1) is 26.7. The first-order valence-corrected chi connectivity index (χ1v) is 13.4. The molecule has 0 radical (unpaired) electrons. The van der Waals surface area contributed by atoms with Gasteiger partial charge in [0.1, 0.15) is 5.60 Å². The molecule has 2 heterocycles. The number of fused-ring (bicyclic) bond motifs is 1. The van der Waals surface area contributed by atoms with Crippen LogP contribution in [0.3, 0.4) is 0 Å². The molecule has 0 saturated carbocycles. The van der Waals surface area contributed by atoms with Crippen LogP contribution < -0.4 is 16.1 Å². The number of carbonyl (C=O) groups excluding carboxylic acids is 2. The molecule has 0 bridgehead atoms. The molecule has 0 aliphatic carbocycles. The number of benzene rings is 1. The summed E-state index contributed by atoms with van der Waals surface area (Å²) < 4.78 is 14.3. The number of anilines is 1. The van der Waals surface area contributed by atoms with Crippen molar-refractivity contribution in [3.8, 4) is 0 Å². The zero-order valence-corrected chi connectivity index (χ0v) is 24.9. The summed E-state index contributed by atoms with van der Waals surface area (Å²) in [6.45, 7) is 8.68. The number of aromatic nitrogens is 3. The molecule has 184 valence electrons. The van der Waals surface area contributed by atoms with Gasteiger partial charge in [0.05, 0.1) is 6.61 Å². The Morgan fingerprint density at radius 1 is 1.23 bits per heavy atom. The molecule has 0 fully saturated rings. The van der Waals surface area contributed by atoms with Crippen molar-refractivity contribution >= 4 is 55.0 Å². The third-order valence-corrected chi connectivity index (χ3v) is 6.62. The van der Waals surface area contributed by atoms with Crippen molar-refractivity contribution in [3.63, 3.8) is 0 Å². The Morgan fingerprint density at radius 2 is 2.00 bits per heavy atom. The van der Waals surface area contributed by atoms with Crippen molar-refractivity contribution in [2.24, 2.45) is 0 Å². The van der Waals surface area contributed by atoms with Gasteiger partial charge >= 0.3 is 171 Å². The minimum absolute atomic E-state index is 0.00992. The molecule has 2 N–H and O–H groups in total. The van der Waals surface area contributed by atoms with Crippen LogP contribution in [-0.4, -0.2) is 68.8 Å². The zero-order valence-electron chi connectivity index (χ0n) is 20.5. The predicted octanol–water partition coefficient (Wildman–Crippen LogP) is 2.83. The number of esters is 1. The van der Waals surface area contributed by atoms with E-state index in [2.05, 4.69) is 15.6 Å². The second kappa shape index (κ2) is 11.7. The number of rotatable bonds is 9. The zero-order chi connectivity index (χ0) is 25.6. The molecule has 3 aromatic rings. The molecule has 0 spiro atoms. The topological polar surface area (TPSA) is 116 Å². The molecular formula is C24H30N5O5Tl. The van der Waals surface area contributed by atoms with Gasteiger partial charge in [0.25, 0.3) is 0 Å². The predicted molar refractivity (Wildman–Crippen MR) is 134 cm³/mol. The van der Waals surface area contributed by atoms with Crippen molar-refractivity contribution in [2.45, 2.75) is 52.8 Å². The van der Waals surface area contributed by atoms with Crippen molar-refractivity contribution < 1.29 is 19.1 Å². The third kappa shape index (κ3) is 7.29. The Hall–Kier alpha value is -2.90. The van der Waals surface area contributed by atoms with Crippen LogP contribution >= 0.6 is 0 Å². The van der Waals surface area contributed by atoms with E-state index in [-0.39, 0.29) is 17.6 Å². The van der Waals surface area contributed by atoms with Crippen molar-refractivity contribution in [1.82, 2.24) is 17.2 Å². The Bertz CT molecular complexity index is 1260. The number of alkyl carbamates (subject to hydrolysis) is 1. The molecular weight excluding hydrogens is 643 g/mol. The summed E-state index contributed by atoms with van der Waals surface area (Å²) >= 11 is 0.599. The van der Waals surface area contributed by atoms with Crippen LogP contribution in [0.15, 0.2) is 41.6 Å². The first-order valence-electron chi connectivity index (χ1n) is 11.4. The van der Waals surface area contributed by atoms with E-state index in [9.17, 15) is 14.4 Å². The quantitative estimate of drug-likeness (QED) is 0.204. The van der Waals surface area contributed by atoms with Gasteiger partial charge in [-0.25, -0.2) is 4.79 Å². The molecule has 35 heavy (non-hydrogen) atoms. The summed E-state index contributed by atoms with van der Waals surface area (Å²) in [5, 5.41) is 6.48. The number of aryl methyl sites for hydroxylation is 1. The molecule has 2 aromatic heterocycles. The molecule has 10 nitrogen and oxygen atoms in total. The average Bonchev–Trinajstić information content (AvgIpc) is 3.20. The van der Waals surface area contributed by atoms with Crippen LogP contribution in [0.5, 0.6) is 0 Å². The first-order chi connectivity index (χ1) is 16.6. The normalized spacial score (nSPS) is 11.3. The van der Waals surface area contributed by atoms with Crippen LogP contribution in [0.1, 0.15) is 50.0 Å². The average molecular weight is 673 g/mol.